The van der Waals surface area contributed by atoms with Crippen LogP contribution in [-0.4, -0.2) is 52.3 Å². The van der Waals surface area contributed by atoms with E-state index in [1.54, 1.807) is 9.36 Å². The van der Waals surface area contributed by atoms with Gasteiger partial charge in [0.05, 0.1) is 17.1 Å². The van der Waals surface area contributed by atoms with Gasteiger partial charge in [0.1, 0.15) is 17.2 Å². The summed E-state index contributed by atoms with van der Waals surface area (Å²) in [4.78, 5) is 21.5. The van der Waals surface area contributed by atoms with Gasteiger partial charge in [-0.2, -0.15) is 25.1 Å². The predicted octanol–water partition coefficient (Wildman–Crippen LogP) is 5.91. The van der Waals surface area contributed by atoms with E-state index < -0.39 is 5.41 Å². The van der Waals surface area contributed by atoms with Crippen molar-refractivity contribution in [3.63, 3.8) is 0 Å². The third-order valence-electron chi connectivity index (χ3n) is 7.75. The summed E-state index contributed by atoms with van der Waals surface area (Å²) in [6, 6.07) is 14.1. The molecule has 0 N–H and O–H groups in total. The van der Waals surface area contributed by atoms with E-state index in [4.69, 9.17) is 24.4 Å². The van der Waals surface area contributed by atoms with Crippen molar-refractivity contribution >= 4 is 28.5 Å². The molecule has 210 valence electrons. The van der Waals surface area contributed by atoms with Crippen molar-refractivity contribution in [3.05, 3.63) is 100 Å². The van der Waals surface area contributed by atoms with Gasteiger partial charge in [-0.1, -0.05) is 32.0 Å². The number of amidine groups is 1. The van der Waals surface area contributed by atoms with Gasteiger partial charge in [0.2, 0.25) is 0 Å². The molecule has 5 aromatic rings. The molecule has 42 heavy (non-hydrogen) atoms. The molecule has 0 saturated carbocycles. The summed E-state index contributed by atoms with van der Waals surface area (Å²) in [6.45, 7) is 12.2. The number of allylic oxidation sites excluding steroid dienone is 3. The molecule has 10 heteroatoms. The maximum atomic E-state index is 6.19. The first-order chi connectivity index (χ1) is 20.1. The fraction of sp³-hybridized carbons (Fsp3) is 0.250. The monoisotopic (exact) mass is 557 g/mol. The highest BCUT2D eigenvalue weighted by Gasteiger charge is 2.40. The lowest BCUT2D eigenvalue weighted by Crippen LogP contribution is -2.28. The molecule has 0 fully saturated rings. The zero-order chi connectivity index (χ0) is 29.3. The van der Waals surface area contributed by atoms with Gasteiger partial charge in [0.25, 0.3) is 11.9 Å². The van der Waals surface area contributed by atoms with E-state index in [1.165, 1.54) is 0 Å². The second kappa shape index (κ2) is 9.20. The number of aryl methyl sites for hydroxylation is 4. The molecular weight excluding hydrogens is 526 g/mol. The second-order valence-electron chi connectivity index (χ2n) is 11.5. The molecule has 0 amide bonds. The molecule has 0 radical (unpaired) electrons. The molecule has 0 atom stereocenters. The molecule has 0 unspecified atom stereocenters. The summed E-state index contributed by atoms with van der Waals surface area (Å²) in [5, 5.41) is 10.3. The Hall–Kier alpha value is -5.12. The van der Waals surface area contributed by atoms with Crippen LogP contribution in [0.4, 0.5) is 0 Å². The Morgan fingerprint density at radius 3 is 2.07 bits per heavy atom. The Kier molecular flexibility index (Phi) is 5.66. The van der Waals surface area contributed by atoms with Gasteiger partial charge < -0.3 is 9.32 Å². The van der Waals surface area contributed by atoms with Crippen LogP contribution in [0.2, 0.25) is 0 Å². The van der Waals surface area contributed by atoms with Gasteiger partial charge in [-0.05, 0) is 58.0 Å². The highest BCUT2D eigenvalue weighted by Crippen LogP contribution is 2.46. The van der Waals surface area contributed by atoms with E-state index in [9.17, 15) is 0 Å². The number of likely N-dealkylation sites (N-methyl/N-ethyl adjacent to an activating group) is 1. The first kappa shape index (κ1) is 25.8. The minimum Gasteiger partial charge on any atom is -0.456 e. The van der Waals surface area contributed by atoms with Crippen LogP contribution < -0.4 is 0 Å². The number of rotatable bonds is 4. The first-order valence-corrected chi connectivity index (χ1v) is 13.9. The van der Waals surface area contributed by atoms with Gasteiger partial charge in [0, 0.05) is 52.7 Å². The molecule has 0 aliphatic carbocycles. The lowest BCUT2D eigenvalue weighted by Gasteiger charge is -2.27. The number of aromatic nitrogens is 7. The quantitative estimate of drug-likeness (QED) is 0.270. The van der Waals surface area contributed by atoms with Crippen LogP contribution in [0, 0.1) is 33.1 Å². The van der Waals surface area contributed by atoms with Crippen LogP contribution in [0.25, 0.3) is 34.5 Å². The zero-order valence-corrected chi connectivity index (χ0v) is 24.7. The maximum Gasteiger partial charge on any atom is 0.256 e. The van der Waals surface area contributed by atoms with Crippen molar-refractivity contribution in [2.75, 3.05) is 7.05 Å². The number of hydrogen-bond acceptors (Lipinski definition) is 8. The van der Waals surface area contributed by atoms with E-state index in [-0.39, 0.29) is 0 Å². The van der Waals surface area contributed by atoms with Crippen molar-refractivity contribution in [1.82, 2.24) is 39.4 Å². The van der Waals surface area contributed by atoms with E-state index in [0.717, 1.165) is 62.2 Å². The summed E-state index contributed by atoms with van der Waals surface area (Å²) in [5.74, 6) is 3.05. The first-order valence-electron chi connectivity index (χ1n) is 13.9. The fourth-order valence-corrected chi connectivity index (χ4v) is 5.59. The van der Waals surface area contributed by atoms with Crippen molar-refractivity contribution in [2.45, 2.75) is 41.5 Å². The Morgan fingerprint density at radius 1 is 0.833 bits per heavy atom. The standard InChI is InChI=1S/C32H31N9O/c1-18-12-20(3)40(37-18)30-34-28(35-31(36-30)41-21(4)13-19(2)38-41)16-27-32(5,6)24-14-23(17-39(7)29(24)33-27)26-15-22-10-8-9-11-25(22)42-26/h8-17H,1-7H3/b27-16-. The fourth-order valence-electron chi connectivity index (χ4n) is 5.59. The van der Waals surface area contributed by atoms with E-state index in [2.05, 4.69) is 53.4 Å². The minimum atomic E-state index is -0.418. The highest BCUT2D eigenvalue weighted by molar-refractivity contribution is 6.08. The van der Waals surface area contributed by atoms with E-state index in [0.29, 0.717) is 17.7 Å². The van der Waals surface area contributed by atoms with Gasteiger partial charge in [0.15, 0.2) is 5.82 Å². The molecule has 2 aliphatic heterocycles. The van der Waals surface area contributed by atoms with Gasteiger partial charge in [-0.25, -0.2) is 14.4 Å². The van der Waals surface area contributed by atoms with Gasteiger partial charge in [-0.15, -0.1) is 0 Å². The van der Waals surface area contributed by atoms with Crippen molar-refractivity contribution in [2.24, 2.45) is 10.4 Å². The minimum absolute atomic E-state index is 0.418. The molecule has 1 aromatic carbocycles. The SMILES string of the molecule is Cc1cc(C)n(-c2nc(/C=C3\N=C4C(=CC(c5cc6ccccc6o5)=CN4C)C3(C)C)nc(-n3nc(C)cc3C)n2)n1. The number of nitrogens with zero attached hydrogens (tertiary/aromatic N) is 9. The van der Waals surface area contributed by atoms with Gasteiger partial charge in [-0.3, -0.25) is 0 Å². The normalized spacial score (nSPS) is 17.1. The van der Waals surface area contributed by atoms with Crippen LogP contribution in [0.3, 0.4) is 0 Å². The average Bonchev–Trinajstić information content (AvgIpc) is 3.68. The predicted molar refractivity (Wildman–Crippen MR) is 162 cm³/mol. The molecule has 6 heterocycles. The smallest absolute Gasteiger partial charge is 0.256 e. The topological polar surface area (TPSA) is 103 Å². The van der Waals surface area contributed by atoms with Crippen molar-refractivity contribution < 1.29 is 4.42 Å². The zero-order valence-electron chi connectivity index (χ0n) is 24.7. The number of para-hydroxylation sites is 1. The van der Waals surface area contributed by atoms with Crippen LogP contribution >= 0.6 is 0 Å². The molecule has 0 spiro atoms. The van der Waals surface area contributed by atoms with Crippen LogP contribution in [0.15, 0.2) is 75.4 Å². The van der Waals surface area contributed by atoms with Gasteiger partial charge >= 0.3 is 0 Å². The lowest BCUT2D eigenvalue weighted by molar-refractivity contribution is 0.563. The summed E-state index contributed by atoms with van der Waals surface area (Å²) < 4.78 is 9.66. The number of furan rings is 1. The van der Waals surface area contributed by atoms with Crippen LogP contribution in [0.5, 0.6) is 0 Å². The van der Waals surface area contributed by atoms with Crippen LogP contribution in [-0.2, 0) is 0 Å². The summed E-state index contributed by atoms with van der Waals surface area (Å²) >= 11 is 0. The molecular formula is C32H31N9O. The van der Waals surface area contributed by atoms with Crippen molar-refractivity contribution in [3.8, 4) is 11.9 Å². The number of hydrogen-bond donors (Lipinski definition) is 0. The summed E-state index contributed by atoms with van der Waals surface area (Å²) in [7, 11) is 2.01. The second-order valence-corrected chi connectivity index (χ2v) is 11.5. The maximum absolute atomic E-state index is 6.19. The van der Waals surface area contributed by atoms with Crippen LogP contribution in [0.1, 0.15) is 48.2 Å². The number of aliphatic imine (C=N–C) groups is 1. The summed E-state index contributed by atoms with van der Waals surface area (Å²) in [5.41, 5.74) is 7.02. The molecule has 0 bridgehead atoms. The number of fused-ring (bicyclic) bond motifs is 2. The van der Waals surface area contributed by atoms with E-state index in [1.807, 2.05) is 71.2 Å². The molecule has 7 rings (SSSR count). The molecule has 2 aliphatic rings. The Labute approximate surface area is 243 Å². The third kappa shape index (κ3) is 4.18. The Morgan fingerprint density at radius 2 is 1.48 bits per heavy atom. The largest absolute Gasteiger partial charge is 0.456 e. The highest BCUT2D eigenvalue weighted by atomic mass is 16.3. The average molecular weight is 558 g/mol. The Balaban J connectivity index is 1.33. The third-order valence-corrected chi connectivity index (χ3v) is 7.75. The molecule has 4 aromatic heterocycles. The molecule has 10 nitrogen and oxygen atoms in total. The Bertz CT molecular complexity index is 1930. The molecule has 0 saturated heterocycles. The van der Waals surface area contributed by atoms with E-state index >= 15 is 0 Å². The summed E-state index contributed by atoms with van der Waals surface area (Å²) in [6.07, 6.45) is 6.17. The number of benzene rings is 1. The van der Waals surface area contributed by atoms with Crippen molar-refractivity contribution in [1.29, 1.82) is 0 Å². The lowest BCUT2D eigenvalue weighted by atomic mass is 9.80.